The largest absolute Gasteiger partial charge is 0.419 e. The molecule has 3 aliphatic heterocycles. The van der Waals surface area contributed by atoms with Crippen molar-refractivity contribution < 1.29 is 9.21 Å². The molecule has 0 saturated carbocycles. The molecule has 2 atom stereocenters. The summed E-state index contributed by atoms with van der Waals surface area (Å²) in [6.45, 7) is 4.54. The maximum Gasteiger partial charge on any atom is 0.261 e. The van der Waals surface area contributed by atoms with Gasteiger partial charge in [0, 0.05) is 22.5 Å². The van der Waals surface area contributed by atoms with Crippen LogP contribution in [-0.2, 0) is 0 Å². The first-order valence-corrected chi connectivity index (χ1v) is 9.74. The third-order valence-corrected chi connectivity index (χ3v) is 6.30. The molecule has 5 rings (SSSR count). The van der Waals surface area contributed by atoms with Crippen LogP contribution in [0.4, 0.5) is 0 Å². The average molecular weight is 378 g/mol. The van der Waals surface area contributed by atoms with Gasteiger partial charge in [-0.2, -0.15) is 0 Å². The van der Waals surface area contributed by atoms with Crippen LogP contribution in [0.2, 0.25) is 5.22 Å². The number of benzene rings is 1. The Morgan fingerprint density at radius 1 is 1.32 bits per heavy atom. The van der Waals surface area contributed by atoms with E-state index in [1.165, 1.54) is 30.8 Å². The molecule has 5 nitrogen and oxygen atoms in total. The molecule has 4 heterocycles. The van der Waals surface area contributed by atoms with Crippen molar-refractivity contribution in [2.45, 2.75) is 42.0 Å². The van der Waals surface area contributed by atoms with Crippen molar-refractivity contribution in [3.05, 3.63) is 41.2 Å². The second kappa shape index (κ2) is 7.02. The summed E-state index contributed by atoms with van der Waals surface area (Å²) < 4.78 is 5.24. The van der Waals surface area contributed by atoms with E-state index in [1.807, 2.05) is 24.3 Å². The van der Waals surface area contributed by atoms with Crippen molar-refractivity contribution in [3.63, 3.8) is 0 Å². The van der Waals surface area contributed by atoms with Crippen LogP contribution in [0.5, 0.6) is 0 Å². The maximum atomic E-state index is 12.6. The van der Waals surface area contributed by atoms with Gasteiger partial charge < -0.3 is 9.73 Å². The molecule has 0 radical (unpaired) electrons. The number of oxazole rings is 1. The van der Waals surface area contributed by atoms with E-state index >= 15 is 0 Å². The predicted molar refractivity (Wildman–Crippen MR) is 97.1 cm³/mol. The topological polar surface area (TPSA) is 58.4 Å². The van der Waals surface area contributed by atoms with Gasteiger partial charge in [0.1, 0.15) is 0 Å². The van der Waals surface area contributed by atoms with Gasteiger partial charge in [-0.25, -0.2) is 4.98 Å². The summed E-state index contributed by atoms with van der Waals surface area (Å²) in [5.74, 6) is 0.606. The first-order valence-electron chi connectivity index (χ1n) is 8.54. The first-order chi connectivity index (χ1) is 12.1. The minimum absolute atomic E-state index is 0.00122. The summed E-state index contributed by atoms with van der Waals surface area (Å²) in [5.41, 5.74) is 0.679. The van der Waals surface area contributed by atoms with Gasteiger partial charge in [0.25, 0.3) is 11.1 Å². The molecule has 25 heavy (non-hydrogen) atoms. The number of halogens is 1. The molecule has 7 heteroatoms. The number of hydrogen-bond donors (Lipinski definition) is 1. The molecule has 1 N–H and O–H groups in total. The van der Waals surface area contributed by atoms with Crippen LogP contribution in [0.3, 0.4) is 0 Å². The molecule has 0 aliphatic carbocycles. The predicted octanol–water partition coefficient (Wildman–Crippen LogP) is 3.69. The number of aromatic nitrogens is 1. The number of nitrogens with one attached hydrogen (secondary N) is 1. The van der Waals surface area contributed by atoms with Gasteiger partial charge in [-0.1, -0.05) is 0 Å². The molecule has 3 saturated heterocycles. The molecule has 2 bridgehead atoms. The standard InChI is InChI=1S/C18H20ClN3O2S/c1-11-16(12-6-8-22(11)9-7-12)21-17(23)13-2-4-14(5-3-13)25-18-20-10-15(19)24-18/h2-5,10-12,16H,6-9H2,1H3,(H,21,23). The van der Waals surface area contributed by atoms with Crippen LogP contribution in [-0.4, -0.2) is 41.0 Å². The minimum Gasteiger partial charge on any atom is -0.419 e. The van der Waals surface area contributed by atoms with Crippen molar-refractivity contribution in [1.82, 2.24) is 15.2 Å². The summed E-state index contributed by atoms with van der Waals surface area (Å²) in [6, 6.07) is 8.15. The number of piperidine rings is 3. The van der Waals surface area contributed by atoms with Crippen molar-refractivity contribution in [2.24, 2.45) is 5.92 Å². The van der Waals surface area contributed by atoms with Crippen molar-refractivity contribution in [1.29, 1.82) is 0 Å². The van der Waals surface area contributed by atoms with E-state index in [4.69, 9.17) is 16.0 Å². The number of fused-ring (bicyclic) bond motifs is 3. The lowest BCUT2D eigenvalue weighted by atomic mass is 9.79. The SMILES string of the molecule is CC1C(NC(=O)c2ccc(Sc3ncc(Cl)o3)cc2)C2CCN1CC2. The van der Waals surface area contributed by atoms with Crippen LogP contribution in [0.15, 0.2) is 45.0 Å². The van der Waals surface area contributed by atoms with Gasteiger partial charge in [-0.15, -0.1) is 0 Å². The van der Waals surface area contributed by atoms with Gasteiger partial charge in [0.15, 0.2) is 0 Å². The Bertz CT molecular complexity index is 754. The van der Waals surface area contributed by atoms with Crippen LogP contribution < -0.4 is 5.32 Å². The number of nitrogens with zero attached hydrogens (tertiary/aromatic N) is 2. The molecule has 1 aromatic carbocycles. The van der Waals surface area contributed by atoms with E-state index in [-0.39, 0.29) is 17.2 Å². The highest BCUT2D eigenvalue weighted by Gasteiger charge is 2.40. The molecular weight excluding hydrogens is 358 g/mol. The molecule has 2 unspecified atom stereocenters. The van der Waals surface area contributed by atoms with E-state index in [0.717, 1.165) is 18.0 Å². The van der Waals surface area contributed by atoms with E-state index in [9.17, 15) is 4.79 Å². The lowest BCUT2D eigenvalue weighted by molar-refractivity contribution is 0.0217. The van der Waals surface area contributed by atoms with Crippen LogP contribution in [0.25, 0.3) is 0 Å². The highest BCUT2D eigenvalue weighted by molar-refractivity contribution is 7.99. The quantitative estimate of drug-likeness (QED) is 0.880. The molecule has 3 fully saturated rings. The zero-order chi connectivity index (χ0) is 17.4. The number of amides is 1. The molecular formula is C18H20ClN3O2S. The smallest absolute Gasteiger partial charge is 0.261 e. The second-order valence-electron chi connectivity index (χ2n) is 6.67. The third kappa shape index (κ3) is 3.57. The molecule has 3 aliphatic rings. The summed E-state index contributed by atoms with van der Waals surface area (Å²) >= 11 is 7.10. The number of hydrogen-bond acceptors (Lipinski definition) is 5. The molecule has 2 aromatic rings. The van der Waals surface area contributed by atoms with Gasteiger partial charge >= 0.3 is 0 Å². The Morgan fingerprint density at radius 3 is 2.64 bits per heavy atom. The van der Waals surface area contributed by atoms with E-state index in [0.29, 0.717) is 22.7 Å². The summed E-state index contributed by atoms with van der Waals surface area (Å²) in [7, 11) is 0. The normalized spacial score (nSPS) is 28.1. The number of rotatable bonds is 4. The van der Waals surface area contributed by atoms with Gasteiger partial charge in [0.2, 0.25) is 5.22 Å². The molecule has 1 amide bonds. The third-order valence-electron chi connectivity index (χ3n) is 5.25. The Hall–Kier alpha value is -1.50. The van der Waals surface area contributed by atoms with Gasteiger partial charge in [-0.05, 0) is 86.4 Å². The van der Waals surface area contributed by atoms with Crippen molar-refractivity contribution in [3.8, 4) is 0 Å². The van der Waals surface area contributed by atoms with Crippen molar-refractivity contribution >= 4 is 29.3 Å². The number of carbonyl (C=O) groups excluding carboxylic acids is 1. The van der Waals surface area contributed by atoms with Gasteiger partial charge in [-0.3, -0.25) is 9.69 Å². The Labute approximate surface area is 156 Å². The molecule has 0 spiro atoms. The van der Waals surface area contributed by atoms with Crippen LogP contribution in [0, 0.1) is 5.92 Å². The zero-order valence-corrected chi connectivity index (χ0v) is 15.5. The van der Waals surface area contributed by atoms with E-state index in [1.54, 1.807) is 0 Å². The van der Waals surface area contributed by atoms with E-state index in [2.05, 4.69) is 22.1 Å². The first kappa shape index (κ1) is 16.9. The highest BCUT2D eigenvalue weighted by atomic mass is 35.5. The van der Waals surface area contributed by atoms with E-state index < -0.39 is 0 Å². The maximum absolute atomic E-state index is 12.6. The lowest BCUT2D eigenvalue weighted by Crippen LogP contribution is -2.62. The second-order valence-corrected chi connectivity index (χ2v) is 8.07. The van der Waals surface area contributed by atoms with Crippen molar-refractivity contribution in [2.75, 3.05) is 13.1 Å². The summed E-state index contributed by atoms with van der Waals surface area (Å²) in [5, 5.41) is 4.01. The Morgan fingerprint density at radius 2 is 2.04 bits per heavy atom. The van der Waals surface area contributed by atoms with Gasteiger partial charge in [0.05, 0.1) is 6.20 Å². The summed E-state index contributed by atoms with van der Waals surface area (Å²) in [4.78, 5) is 20.1. The Kier molecular flexibility index (Phi) is 4.75. The summed E-state index contributed by atoms with van der Waals surface area (Å²) in [6.07, 6.45) is 3.84. The minimum atomic E-state index is 0.00122. The van der Waals surface area contributed by atoms with Crippen LogP contribution >= 0.6 is 23.4 Å². The van der Waals surface area contributed by atoms with Crippen LogP contribution in [0.1, 0.15) is 30.1 Å². The fourth-order valence-corrected chi connectivity index (χ4v) is 4.72. The fraction of sp³-hybridized carbons (Fsp3) is 0.444. The Balaban J connectivity index is 1.40. The fourth-order valence-electron chi connectivity index (χ4n) is 3.84. The molecule has 132 valence electrons. The zero-order valence-electron chi connectivity index (χ0n) is 13.9. The highest BCUT2D eigenvalue weighted by Crippen LogP contribution is 2.32. The number of carbonyl (C=O) groups is 1. The lowest BCUT2D eigenvalue weighted by Gasteiger charge is -2.49. The average Bonchev–Trinajstić information content (AvgIpc) is 3.04. The monoisotopic (exact) mass is 377 g/mol. The molecule has 1 aromatic heterocycles.